The molecule has 2 N–H and O–H groups in total. The molecular weight excluding hydrogens is 327 g/mol. The zero-order valence-corrected chi connectivity index (χ0v) is 12.8. The highest BCUT2D eigenvalue weighted by Gasteiger charge is 2.21. The van der Waals surface area contributed by atoms with E-state index in [1.807, 2.05) is 0 Å². The van der Waals surface area contributed by atoms with Gasteiger partial charge in [0.25, 0.3) is 0 Å². The number of carboxylic acids is 1. The van der Waals surface area contributed by atoms with E-state index in [2.05, 4.69) is 9.71 Å². The molecule has 2 rings (SSSR count). The molecule has 23 heavy (non-hydrogen) atoms. The van der Waals surface area contributed by atoms with Gasteiger partial charge in [0, 0.05) is 18.3 Å². The lowest BCUT2D eigenvalue weighted by atomic mass is 10.2. The first-order chi connectivity index (χ1) is 10.8. The number of nitrogens with one attached hydrogen (secondary N) is 1. The van der Waals surface area contributed by atoms with Crippen LogP contribution in [0.3, 0.4) is 0 Å². The highest BCUT2D eigenvalue weighted by Crippen LogP contribution is 2.18. The number of nitrogens with zero attached hydrogens (tertiary/aromatic N) is 1. The van der Waals surface area contributed by atoms with Crippen molar-refractivity contribution in [1.29, 1.82) is 0 Å². The normalized spacial score (nSPS) is 11.2. The van der Waals surface area contributed by atoms with Gasteiger partial charge in [0.05, 0.1) is 12.7 Å². The molecule has 0 spiro atoms. The first-order valence-electron chi connectivity index (χ1n) is 6.35. The molecule has 1 aromatic carbocycles. The Kier molecular flexibility index (Phi) is 4.92. The summed E-state index contributed by atoms with van der Waals surface area (Å²) in [5.74, 6) is -2.24. The van der Waals surface area contributed by atoms with Gasteiger partial charge in [-0.3, -0.25) is 0 Å². The van der Waals surface area contributed by atoms with E-state index in [9.17, 15) is 17.6 Å². The average Bonchev–Trinajstić information content (AvgIpc) is 2.52. The second-order valence-electron chi connectivity index (χ2n) is 4.45. The Morgan fingerprint density at radius 1 is 1.39 bits per heavy atom. The van der Waals surface area contributed by atoms with Crippen LogP contribution in [0.5, 0.6) is 5.88 Å². The van der Waals surface area contributed by atoms with Gasteiger partial charge in [-0.15, -0.1) is 0 Å². The van der Waals surface area contributed by atoms with Crippen LogP contribution in [0.15, 0.2) is 41.4 Å². The number of ether oxygens (including phenoxy) is 1. The van der Waals surface area contributed by atoms with Gasteiger partial charge in [-0.1, -0.05) is 6.07 Å². The fourth-order valence-corrected chi connectivity index (χ4v) is 2.91. The number of pyridine rings is 1. The number of benzene rings is 1. The Hall–Kier alpha value is -2.52. The molecule has 0 saturated carbocycles. The van der Waals surface area contributed by atoms with E-state index in [0.29, 0.717) is 11.6 Å². The number of carboxylic acid groups (broad SMARTS) is 1. The highest BCUT2D eigenvalue weighted by atomic mass is 32.2. The summed E-state index contributed by atoms with van der Waals surface area (Å²) in [5, 5.41) is 8.76. The molecule has 0 aliphatic rings. The smallest absolute Gasteiger partial charge is 0.335 e. The number of sulfonamides is 1. The highest BCUT2D eigenvalue weighted by molar-refractivity contribution is 7.89. The van der Waals surface area contributed by atoms with E-state index < -0.39 is 26.7 Å². The number of rotatable bonds is 6. The summed E-state index contributed by atoms with van der Waals surface area (Å²) < 4.78 is 45.4. The van der Waals surface area contributed by atoms with E-state index in [-0.39, 0.29) is 18.0 Å². The average molecular weight is 340 g/mol. The molecule has 1 aromatic heterocycles. The second-order valence-corrected chi connectivity index (χ2v) is 6.18. The van der Waals surface area contributed by atoms with Crippen LogP contribution in [0, 0.1) is 5.82 Å². The third-order valence-electron chi connectivity index (χ3n) is 2.96. The molecule has 2 aromatic rings. The molecule has 0 fully saturated rings. The van der Waals surface area contributed by atoms with E-state index >= 15 is 0 Å². The third kappa shape index (κ3) is 3.82. The maximum atomic E-state index is 13.9. The third-order valence-corrected chi connectivity index (χ3v) is 4.40. The molecule has 7 nitrogen and oxygen atoms in total. The summed E-state index contributed by atoms with van der Waals surface area (Å²) in [5.41, 5.74) is 0.136. The summed E-state index contributed by atoms with van der Waals surface area (Å²) in [6, 6.07) is 5.79. The van der Waals surface area contributed by atoms with Crippen molar-refractivity contribution >= 4 is 16.0 Å². The Bertz CT molecular complexity index is 839. The predicted molar refractivity (Wildman–Crippen MR) is 78.2 cm³/mol. The summed E-state index contributed by atoms with van der Waals surface area (Å²) >= 11 is 0. The first-order valence-corrected chi connectivity index (χ1v) is 7.84. The molecule has 0 atom stereocenters. The minimum atomic E-state index is -4.16. The van der Waals surface area contributed by atoms with Crippen LogP contribution in [-0.2, 0) is 16.6 Å². The van der Waals surface area contributed by atoms with Gasteiger partial charge >= 0.3 is 5.97 Å². The van der Waals surface area contributed by atoms with Crippen molar-refractivity contribution in [3.05, 3.63) is 53.5 Å². The van der Waals surface area contributed by atoms with Gasteiger partial charge in [-0.2, -0.15) is 0 Å². The minimum absolute atomic E-state index is 0.153. The molecule has 0 bridgehead atoms. The first kappa shape index (κ1) is 16.8. The summed E-state index contributed by atoms with van der Waals surface area (Å²) in [7, 11) is -2.76. The Morgan fingerprint density at radius 3 is 2.74 bits per heavy atom. The monoisotopic (exact) mass is 340 g/mol. The van der Waals surface area contributed by atoms with E-state index in [0.717, 1.165) is 12.1 Å². The summed E-state index contributed by atoms with van der Waals surface area (Å²) in [6.07, 6.45) is 1.49. The molecule has 122 valence electrons. The molecule has 1 heterocycles. The number of hydrogen-bond donors (Lipinski definition) is 2. The topological polar surface area (TPSA) is 106 Å². The molecular formula is C14H13FN2O5S. The molecule has 9 heteroatoms. The zero-order valence-electron chi connectivity index (χ0n) is 12.0. The lowest BCUT2D eigenvalue weighted by Gasteiger charge is -2.10. The molecule has 0 unspecified atom stereocenters. The van der Waals surface area contributed by atoms with Crippen LogP contribution in [0.4, 0.5) is 4.39 Å². The van der Waals surface area contributed by atoms with Crippen LogP contribution in [-0.4, -0.2) is 31.6 Å². The summed E-state index contributed by atoms with van der Waals surface area (Å²) in [6.45, 7) is -0.153. The van der Waals surface area contributed by atoms with Gasteiger partial charge < -0.3 is 9.84 Å². The van der Waals surface area contributed by atoms with Crippen molar-refractivity contribution in [2.75, 3.05) is 7.11 Å². The van der Waals surface area contributed by atoms with Gasteiger partial charge in [0.1, 0.15) is 10.7 Å². The lowest BCUT2D eigenvalue weighted by molar-refractivity contribution is 0.0696. The van der Waals surface area contributed by atoms with Crippen LogP contribution in [0.25, 0.3) is 0 Å². The van der Waals surface area contributed by atoms with Crippen LogP contribution in [0.1, 0.15) is 15.9 Å². The molecule has 0 saturated heterocycles. The zero-order chi connectivity index (χ0) is 17.0. The number of halogens is 1. The molecule has 0 amide bonds. The minimum Gasteiger partial charge on any atom is -0.481 e. The van der Waals surface area contributed by atoms with Crippen LogP contribution >= 0.6 is 0 Å². The largest absolute Gasteiger partial charge is 0.481 e. The lowest BCUT2D eigenvalue weighted by Crippen LogP contribution is -2.24. The van der Waals surface area contributed by atoms with E-state index in [1.165, 1.54) is 13.3 Å². The van der Waals surface area contributed by atoms with Crippen molar-refractivity contribution in [1.82, 2.24) is 9.71 Å². The van der Waals surface area contributed by atoms with E-state index in [1.54, 1.807) is 12.1 Å². The maximum Gasteiger partial charge on any atom is 0.335 e. The Labute approximate surface area is 131 Å². The van der Waals surface area contributed by atoms with E-state index in [4.69, 9.17) is 9.84 Å². The molecule has 0 aliphatic carbocycles. The van der Waals surface area contributed by atoms with Gasteiger partial charge in [0.15, 0.2) is 0 Å². The number of methoxy groups -OCH3 is 1. The van der Waals surface area contributed by atoms with Crippen molar-refractivity contribution in [2.45, 2.75) is 11.4 Å². The Morgan fingerprint density at radius 2 is 2.13 bits per heavy atom. The second kappa shape index (κ2) is 6.71. The quantitative estimate of drug-likeness (QED) is 0.823. The van der Waals surface area contributed by atoms with Gasteiger partial charge in [-0.25, -0.2) is 27.3 Å². The van der Waals surface area contributed by atoms with Gasteiger partial charge in [-0.05, 0) is 24.3 Å². The maximum absolute atomic E-state index is 13.9. The van der Waals surface area contributed by atoms with Crippen LogP contribution < -0.4 is 9.46 Å². The SMILES string of the molecule is COc1ncccc1CNS(=O)(=O)c1ccc(C(=O)O)cc1F. The number of aromatic carboxylic acids is 1. The number of aromatic nitrogens is 1. The number of hydrogen-bond acceptors (Lipinski definition) is 5. The molecule has 0 aliphatic heterocycles. The Balaban J connectivity index is 2.24. The fraction of sp³-hybridized carbons (Fsp3) is 0.143. The van der Waals surface area contributed by atoms with Gasteiger partial charge in [0.2, 0.25) is 15.9 Å². The van der Waals surface area contributed by atoms with Crippen molar-refractivity contribution in [3.8, 4) is 5.88 Å². The predicted octanol–water partition coefficient (Wildman–Crippen LogP) is 1.41. The van der Waals surface area contributed by atoms with Crippen molar-refractivity contribution in [2.24, 2.45) is 0 Å². The fourth-order valence-electron chi connectivity index (χ4n) is 1.84. The standard InChI is InChI=1S/C14H13FN2O5S/c1-22-13-10(3-2-6-16-13)8-17-23(20,21)12-5-4-9(14(18)19)7-11(12)15/h2-7,17H,8H2,1H3,(H,18,19). The number of carbonyl (C=O) groups is 1. The molecule has 0 radical (unpaired) electrons. The van der Waals surface area contributed by atoms with Crippen molar-refractivity contribution < 1.29 is 27.4 Å². The van der Waals surface area contributed by atoms with Crippen LogP contribution in [0.2, 0.25) is 0 Å². The van der Waals surface area contributed by atoms with Crippen molar-refractivity contribution in [3.63, 3.8) is 0 Å². The summed E-state index contributed by atoms with van der Waals surface area (Å²) in [4.78, 5) is 14.0.